The average molecular weight is 342 g/mol. The quantitative estimate of drug-likeness (QED) is 0.783. The van der Waals surface area contributed by atoms with Crippen molar-refractivity contribution in [2.24, 2.45) is 0 Å². The van der Waals surface area contributed by atoms with Gasteiger partial charge in [-0.25, -0.2) is 4.98 Å². The SMILES string of the molecule is CN(Cc1ccsc1)C(=O)CSc1nc(CC(=O)O)cs1. The first-order chi connectivity index (χ1) is 10.0. The molecule has 0 saturated carbocycles. The van der Waals surface area contributed by atoms with Crippen molar-refractivity contribution in [1.29, 1.82) is 0 Å². The summed E-state index contributed by atoms with van der Waals surface area (Å²) in [5, 5.41) is 14.4. The van der Waals surface area contributed by atoms with Gasteiger partial charge < -0.3 is 10.0 Å². The maximum absolute atomic E-state index is 12.0. The Labute approximate surface area is 134 Å². The van der Waals surface area contributed by atoms with Gasteiger partial charge in [0.05, 0.1) is 17.9 Å². The highest BCUT2D eigenvalue weighted by molar-refractivity contribution is 8.01. The van der Waals surface area contributed by atoms with Crippen LogP contribution in [0, 0.1) is 0 Å². The van der Waals surface area contributed by atoms with Gasteiger partial charge >= 0.3 is 5.97 Å². The van der Waals surface area contributed by atoms with Crippen LogP contribution < -0.4 is 0 Å². The lowest BCUT2D eigenvalue weighted by Crippen LogP contribution is -2.27. The molecule has 112 valence electrons. The van der Waals surface area contributed by atoms with E-state index >= 15 is 0 Å². The fourth-order valence-electron chi connectivity index (χ4n) is 1.57. The highest BCUT2D eigenvalue weighted by atomic mass is 32.2. The van der Waals surface area contributed by atoms with Gasteiger partial charge in [0.2, 0.25) is 5.91 Å². The molecule has 0 unspecified atom stereocenters. The van der Waals surface area contributed by atoms with Crippen molar-refractivity contribution in [3.05, 3.63) is 33.5 Å². The molecule has 0 fully saturated rings. The minimum atomic E-state index is -0.900. The number of carboxylic acid groups (broad SMARTS) is 1. The fraction of sp³-hybridized carbons (Fsp3) is 0.308. The summed E-state index contributed by atoms with van der Waals surface area (Å²) < 4.78 is 0.725. The predicted octanol–water partition coefficient (Wildman–Crippen LogP) is 2.58. The largest absolute Gasteiger partial charge is 0.481 e. The number of amides is 1. The van der Waals surface area contributed by atoms with Crippen LogP contribution in [0.15, 0.2) is 26.5 Å². The number of carbonyl (C=O) groups excluding carboxylic acids is 1. The number of nitrogens with zero attached hydrogens (tertiary/aromatic N) is 2. The third kappa shape index (κ3) is 5.14. The summed E-state index contributed by atoms with van der Waals surface area (Å²) in [7, 11) is 1.78. The van der Waals surface area contributed by atoms with Gasteiger partial charge in [0.1, 0.15) is 0 Å². The maximum atomic E-state index is 12.0. The van der Waals surface area contributed by atoms with E-state index < -0.39 is 5.97 Å². The Morgan fingerprint density at radius 1 is 1.43 bits per heavy atom. The number of rotatable bonds is 7. The molecule has 0 aromatic carbocycles. The monoisotopic (exact) mass is 342 g/mol. The second kappa shape index (κ2) is 7.58. The van der Waals surface area contributed by atoms with Gasteiger partial charge in [0.15, 0.2) is 4.34 Å². The van der Waals surface area contributed by atoms with Crippen LogP contribution in [0.4, 0.5) is 0 Å². The van der Waals surface area contributed by atoms with E-state index in [1.54, 1.807) is 28.7 Å². The third-order valence-electron chi connectivity index (χ3n) is 2.61. The molecule has 8 heteroatoms. The Hall–Kier alpha value is -1.38. The second-order valence-corrected chi connectivity index (χ2v) is 7.21. The molecular formula is C13H14N2O3S3. The zero-order valence-electron chi connectivity index (χ0n) is 11.3. The van der Waals surface area contributed by atoms with Crippen LogP contribution in [-0.2, 0) is 22.6 Å². The molecule has 2 aromatic rings. The van der Waals surface area contributed by atoms with Gasteiger partial charge in [-0.1, -0.05) is 11.8 Å². The van der Waals surface area contributed by atoms with Crippen LogP contribution in [0.2, 0.25) is 0 Å². The number of thioether (sulfide) groups is 1. The van der Waals surface area contributed by atoms with Crippen molar-refractivity contribution in [2.75, 3.05) is 12.8 Å². The van der Waals surface area contributed by atoms with E-state index in [0.29, 0.717) is 18.0 Å². The summed E-state index contributed by atoms with van der Waals surface area (Å²) in [6.07, 6.45) is -0.0803. The molecule has 0 aliphatic rings. The number of aliphatic carboxylic acids is 1. The molecule has 5 nitrogen and oxygen atoms in total. The highest BCUT2D eigenvalue weighted by Gasteiger charge is 2.12. The first-order valence-corrected chi connectivity index (χ1v) is 8.89. The van der Waals surface area contributed by atoms with Crippen molar-refractivity contribution in [2.45, 2.75) is 17.3 Å². The first kappa shape index (κ1) is 16.0. The van der Waals surface area contributed by atoms with E-state index in [1.807, 2.05) is 16.8 Å². The molecule has 2 heterocycles. The number of thiophene rings is 1. The zero-order chi connectivity index (χ0) is 15.2. The van der Waals surface area contributed by atoms with Gasteiger partial charge in [0, 0.05) is 19.0 Å². The molecule has 0 aliphatic heterocycles. The lowest BCUT2D eigenvalue weighted by atomic mass is 10.3. The fourth-order valence-corrected chi connectivity index (χ4v) is 4.01. The minimum Gasteiger partial charge on any atom is -0.481 e. The van der Waals surface area contributed by atoms with Crippen LogP contribution in [0.1, 0.15) is 11.3 Å². The van der Waals surface area contributed by atoms with E-state index in [0.717, 1.165) is 9.90 Å². The molecule has 0 radical (unpaired) electrons. The minimum absolute atomic E-state index is 0.0289. The van der Waals surface area contributed by atoms with Crippen molar-refractivity contribution in [3.63, 3.8) is 0 Å². The summed E-state index contributed by atoms with van der Waals surface area (Å²) in [6, 6.07) is 2.00. The summed E-state index contributed by atoms with van der Waals surface area (Å²) >= 11 is 4.32. The number of carboxylic acids is 1. The molecule has 1 N–H and O–H groups in total. The Kier molecular flexibility index (Phi) is 5.77. The Bertz CT molecular complexity index is 610. The van der Waals surface area contributed by atoms with Gasteiger partial charge in [0.25, 0.3) is 0 Å². The molecule has 0 saturated heterocycles. The van der Waals surface area contributed by atoms with Crippen LogP contribution in [0.25, 0.3) is 0 Å². The Balaban J connectivity index is 1.80. The first-order valence-electron chi connectivity index (χ1n) is 6.08. The molecule has 0 spiro atoms. The maximum Gasteiger partial charge on any atom is 0.309 e. The average Bonchev–Trinajstić information content (AvgIpc) is 3.07. The number of thiazole rings is 1. The molecule has 21 heavy (non-hydrogen) atoms. The van der Waals surface area contributed by atoms with Gasteiger partial charge in [-0.3, -0.25) is 9.59 Å². The predicted molar refractivity (Wildman–Crippen MR) is 85.0 cm³/mol. The lowest BCUT2D eigenvalue weighted by molar-refractivity contribution is -0.136. The molecule has 0 atom stereocenters. The highest BCUT2D eigenvalue weighted by Crippen LogP contribution is 2.23. The van der Waals surface area contributed by atoms with Crippen LogP contribution in [0.3, 0.4) is 0 Å². The summed E-state index contributed by atoms with van der Waals surface area (Å²) in [6.45, 7) is 0.602. The topological polar surface area (TPSA) is 70.5 Å². The molecule has 0 aliphatic carbocycles. The number of carbonyl (C=O) groups is 2. The van der Waals surface area contributed by atoms with Crippen molar-refractivity contribution in [3.8, 4) is 0 Å². The molecular weight excluding hydrogens is 328 g/mol. The standard InChI is InChI=1S/C13H14N2O3S3/c1-15(5-9-2-3-19-6-9)11(16)8-21-13-14-10(7-20-13)4-12(17)18/h2-3,6-7H,4-5,8H2,1H3,(H,17,18). The van der Waals surface area contributed by atoms with E-state index in [4.69, 9.17) is 5.11 Å². The van der Waals surface area contributed by atoms with Crippen molar-refractivity contribution < 1.29 is 14.7 Å². The molecule has 2 rings (SSSR count). The third-order valence-corrected chi connectivity index (χ3v) is 5.39. The van der Waals surface area contributed by atoms with E-state index in [9.17, 15) is 9.59 Å². The molecule has 1 amide bonds. The van der Waals surface area contributed by atoms with E-state index in [2.05, 4.69) is 4.98 Å². The van der Waals surface area contributed by atoms with Crippen molar-refractivity contribution >= 4 is 46.3 Å². The second-order valence-electron chi connectivity index (χ2n) is 4.35. The number of hydrogen-bond acceptors (Lipinski definition) is 6. The summed E-state index contributed by atoms with van der Waals surface area (Å²) in [5.41, 5.74) is 1.66. The van der Waals surface area contributed by atoms with Gasteiger partial charge in [-0.2, -0.15) is 11.3 Å². The normalized spacial score (nSPS) is 10.5. The van der Waals surface area contributed by atoms with Crippen LogP contribution >= 0.6 is 34.4 Å². The van der Waals surface area contributed by atoms with Gasteiger partial charge in [-0.05, 0) is 22.4 Å². The smallest absolute Gasteiger partial charge is 0.309 e. The number of hydrogen-bond donors (Lipinski definition) is 1. The molecule has 0 bridgehead atoms. The Morgan fingerprint density at radius 3 is 2.90 bits per heavy atom. The van der Waals surface area contributed by atoms with Crippen LogP contribution in [0.5, 0.6) is 0 Å². The van der Waals surface area contributed by atoms with E-state index in [1.165, 1.54) is 23.1 Å². The lowest BCUT2D eigenvalue weighted by Gasteiger charge is -2.15. The Morgan fingerprint density at radius 2 is 2.24 bits per heavy atom. The number of aromatic nitrogens is 1. The van der Waals surface area contributed by atoms with E-state index in [-0.39, 0.29) is 12.3 Å². The van der Waals surface area contributed by atoms with Crippen LogP contribution in [-0.4, -0.2) is 39.7 Å². The zero-order valence-corrected chi connectivity index (χ0v) is 13.8. The summed E-state index contributed by atoms with van der Waals surface area (Å²) in [5.74, 6) is -0.565. The summed E-state index contributed by atoms with van der Waals surface area (Å²) in [4.78, 5) is 28.5. The van der Waals surface area contributed by atoms with Crippen molar-refractivity contribution in [1.82, 2.24) is 9.88 Å². The van der Waals surface area contributed by atoms with Gasteiger partial charge in [-0.15, -0.1) is 11.3 Å². The molecule has 2 aromatic heterocycles.